The molecule has 13 nitrogen and oxygen atoms in total. The van der Waals surface area contributed by atoms with E-state index in [1.54, 1.807) is 4.90 Å². The van der Waals surface area contributed by atoms with E-state index in [2.05, 4.69) is 35.1 Å². The van der Waals surface area contributed by atoms with Crippen LogP contribution < -0.4 is 21.3 Å². The monoisotopic (exact) mass is 706 g/mol. The Morgan fingerprint density at radius 1 is 0.939 bits per heavy atom. The Morgan fingerprint density at radius 2 is 1.57 bits per heavy atom. The van der Waals surface area contributed by atoms with Crippen LogP contribution in [0.5, 0.6) is 0 Å². The van der Waals surface area contributed by atoms with Crippen LogP contribution in [0.4, 0.5) is 4.79 Å². The molecule has 0 aromatic heterocycles. The number of hydrogen-bond donors (Lipinski definition) is 4. The van der Waals surface area contributed by atoms with E-state index in [-0.39, 0.29) is 29.0 Å². The lowest BCUT2D eigenvalue weighted by Gasteiger charge is -2.41. The number of likely N-dealkylation sites (tertiary alicyclic amines) is 1. The Hall–Kier alpha value is -2.74. The predicted molar refractivity (Wildman–Crippen MR) is 185 cm³/mol. The van der Waals surface area contributed by atoms with Crippen molar-refractivity contribution in [2.24, 2.45) is 28.6 Å². The van der Waals surface area contributed by atoms with Crippen LogP contribution in [0, 0.1) is 28.6 Å². The van der Waals surface area contributed by atoms with E-state index >= 15 is 0 Å². The van der Waals surface area contributed by atoms with Crippen molar-refractivity contribution >= 4 is 39.6 Å². The lowest BCUT2D eigenvalue weighted by atomic mass is 9.83. The van der Waals surface area contributed by atoms with E-state index in [4.69, 9.17) is 0 Å². The number of ketones is 1. The molecule has 49 heavy (non-hydrogen) atoms. The maximum atomic E-state index is 14.5. The van der Waals surface area contributed by atoms with Gasteiger partial charge in [0.05, 0.1) is 17.3 Å². The number of Topliss-reactive ketones (excluding diaryl/α,β-unsaturated/α-hetero) is 1. The van der Waals surface area contributed by atoms with Crippen LogP contribution in [-0.4, -0.2) is 103 Å². The second kappa shape index (κ2) is 13.8. The van der Waals surface area contributed by atoms with Gasteiger partial charge in [-0.2, -0.15) is 0 Å². The SMILES string of the molecule is CN(C)S(=O)(=O)CC1(NC(=O)NC(C(=O)N2CC3C(C2C(=O)NC(CCC2CC2)C(=O)C(=O)NC2CC2)C3(C)C)C(C)(C)C)CCCCC1. The molecular formula is C35H58N6O7S. The molecule has 5 aliphatic rings. The number of amides is 5. The molecule has 0 spiro atoms. The molecule has 5 fully saturated rings. The first kappa shape index (κ1) is 37.5. The molecule has 0 radical (unpaired) electrons. The Bertz CT molecular complexity index is 1430. The largest absolute Gasteiger partial charge is 0.347 e. The van der Waals surface area contributed by atoms with Gasteiger partial charge < -0.3 is 26.2 Å². The number of nitrogens with one attached hydrogen (secondary N) is 4. The topological polar surface area (TPSA) is 174 Å². The summed E-state index contributed by atoms with van der Waals surface area (Å²) in [6, 6.07) is -3.47. The molecule has 1 aliphatic heterocycles. The quantitative estimate of drug-likeness (QED) is 0.201. The molecular weight excluding hydrogens is 648 g/mol. The summed E-state index contributed by atoms with van der Waals surface area (Å²) in [7, 11) is -0.675. The minimum atomic E-state index is -3.63. The molecule has 4 N–H and O–H groups in total. The fraction of sp³-hybridized carbons (Fsp3) is 0.857. The zero-order chi connectivity index (χ0) is 36.1. The van der Waals surface area contributed by atoms with Gasteiger partial charge in [-0.25, -0.2) is 17.5 Å². The second-order valence-corrected chi connectivity index (χ2v) is 19.5. The number of hydrogen-bond acceptors (Lipinski definition) is 7. The summed E-state index contributed by atoms with van der Waals surface area (Å²) >= 11 is 0. The van der Waals surface area contributed by atoms with Crippen molar-refractivity contribution in [2.45, 2.75) is 135 Å². The maximum absolute atomic E-state index is 14.5. The molecule has 5 atom stereocenters. The van der Waals surface area contributed by atoms with Gasteiger partial charge in [0.15, 0.2) is 0 Å². The van der Waals surface area contributed by atoms with E-state index in [9.17, 15) is 32.4 Å². The number of piperidine rings is 1. The molecule has 5 amide bonds. The van der Waals surface area contributed by atoms with Gasteiger partial charge in [-0.15, -0.1) is 0 Å². The normalized spacial score (nSPS) is 27.0. The van der Waals surface area contributed by atoms with Crippen LogP contribution in [0.3, 0.4) is 0 Å². The summed E-state index contributed by atoms with van der Waals surface area (Å²) in [5.41, 5.74) is -1.91. The Kier molecular flexibility index (Phi) is 10.5. The molecule has 1 saturated heterocycles. The van der Waals surface area contributed by atoms with Gasteiger partial charge >= 0.3 is 6.03 Å². The van der Waals surface area contributed by atoms with Gasteiger partial charge in [0, 0.05) is 26.7 Å². The Morgan fingerprint density at radius 3 is 2.12 bits per heavy atom. The minimum Gasteiger partial charge on any atom is -0.347 e. The van der Waals surface area contributed by atoms with E-state index in [1.807, 2.05) is 20.8 Å². The van der Waals surface area contributed by atoms with Gasteiger partial charge in [-0.1, -0.05) is 66.7 Å². The standard InChI is InChI=1S/C35H58N6O7S/c1-33(2,3)28(38-32(46)39-35(17-9-8-10-18-35)20-49(47,48)40(6)7)31(45)41-19-23-25(34(23,4)5)26(41)29(43)37-24(16-13-21-11-12-21)27(42)30(44)36-22-14-15-22/h21-26,28H,8-20H2,1-7H3,(H,36,44)(H,37,43)(H2,38,39,46). The van der Waals surface area contributed by atoms with Crippen LogP contribution in [-0.2, 0) is 29.2 Å². The lowest BCUT2D eigenvalue weighted by Crippen LogP contribution is -2.64. The molecule has 0 aromatic rings. The Balaban J connectivity index is 1.33. The van der Waals surface area contributed by atoms with E-state index in [1.165, 1.54) is 18.4 Å². The fourth-order valence-electron chi connectivity index (χ4n) is 8.03. The van der Waals surface area contributed by atoms with E-state index in [0.29, 0.717) is 31.7 Å². The van der Waals surface area contributed by atoms with Crippen molar-refractivity contribution in [3.63, 3.8) is 0 Å². The molecule has 5 unspecified atom stereocenters. The van der Waals surface area contributed by atoms with Crippen LogP contribution in [0.2, 0.25) is 0 Å². The van der Waals surface area contributed by atoms with Crippen LogP contribution in [0.25, 0.3) is 0 Å². The van der Waals surface area contributed by atoms with Gasteiger partial charge in [-0.3, -0.25) is 19.2 Å². The van der Waals surface area contributed by atoms with Crippen LogP contribution in [0.1, 0.15) is 105 Å². The highest BCUT2D eigenvalue weighted by atomic mass is 32.2. The van der Waals surface area contributed by atoms with Crippen molar-refractivity contribution < 1.29 is 32.4 Å². The van der Waals surface area contributed by atoms with Gasteiger partial charge in [0.2, 0.25) is 27.6 Å². The third-order valence-corrected chi connectivity index (χ3v) is 13.7. The smallest absolute Gasteiger partial charge is 0.315 e. The van der Waals surface area contributed by atoms with Crippen molar-refractivity contribution in [3.05, 3.63) is 0 Å². The molecule has 4 aliphatic carbocycles. The zero-order valence-corrected chi connectivity index (χ0v) is 31.2. The summed E-state index contributed by atoms with van der Waals surface area (Å²) < 4.78 is 27.0. The highest BCUT2D eigenvalue weighted by molar-refractivity contribution is 7.89. The van der Waals surface area contributed by atoms with Crippen molar-refractivity contribution in [3.8, 4) is 0 Å². The number of fused-ring (bicyclic) bond motifs is 1. The number of carbonyl (C=O) groups excluding carboxylic acids is 5. The predicted octanol–water partition coefficient (Wildman–Crippen LogP) is 2.30. The summed E-state index contributed by atoms with van der Waals surface area (Å²) in [6.07, 6.45) is 8.46. The lowest BCUT2D eigenvalue weighted by molar-refractivity contribution is -0.145. The first-order valence-electron chi connectivity index (χ1n) is 18.2. The number of nitrogens with zero attached hydrogens (tertiary/aromatic N) is 2. The van der Waals surface area contributed by atoms with Crippen molar-refractivity contribution in [1.29, 1.82) is 0 Å². The van der Waals surface area contributed by atoms with Crippen LogP contribution in [0.15, 0.2) is 0 Å². The van der Waals surface area contributed by atoms with E-state index in [0.717, 1.165) is 51.4 Å². The van der Waals surface area contributed by atoms with Gasteiger partial charge in [-0.05, 0) is 67.1 Å². The first-order valence-corrected chi connectivity index (χ1v) is 19.8. The second-order valence-electron chi connectivity index (χ2n) is 17.4. The molecule has 14 heteroatoms. The molecule has 276 valence electrons. The van der Waals surface area contributed by atoms with Gasteiger partial charge in [0.1, 0.15) is 12.1 Å². The molecule has 1 heterocycles. The third kappa shape index (κ3) is 8.60. The number of carbonyl (C=O) groups is 5. The number of urea groups is 1. The summed E-state index contributed by atoms with van der Waals surface area (Å²) in [4.78, 5) is 69.9. The van der Waals surface area contributed by atoms with Gasteiger partial charge in [0.25, 0.3) is 5.91 Å². The number of rotatable bonds is 14. The summed E-state index contributed by atoms with van der Waals surface area (Å²) in [5.74, 6) is -1.99. The highest BCUT2D eigenvalue weighted by Gasteiger charge is 2.70. The molecule has 4 saturated carbocycles. The molecule has 0 bridgehead atoms. The fourth-order valence-corrected chi connectivity index (χ4v) is 9.34. The van der Waals surface area contributed by atoms with Crippen molar-refractivity contribution in [2.75, 3.05) is 26.4 Å². The van der Waals surface area contributed by atoms with Crippen molar-refractivity contribution in [1.82, 2.24) is 30.5 Å². The summed E-state index contributed by atoms with van der Waals surface area (Å²) in [6.45, 7) is 9.98. The zero-order valence-electron chi connectivity index (χ0n) is 30.4. The highest BCUT2D eigenvalue weighted by Crippen LogP contribution is 2.65. The van der Waals surface area contributed by atoms with E-state index < -0.39 is 68.6 Å². The number of sulfonamides is 1. The average molecular weight is 707 g/mol. The summed E-state index contributed by atoms with van der Waals surface area (Å²) in [5, 5.41) is 11.5. The third-order valence-electron chi connectivity index (χ3n) is 11.7. The molecule has 0 aromatic carbocycles. The minimum absolute atomic E-state index is 0.0108. The Labute approximate surface area is 291 Å². The first-order chi connectivity index (χ1) is 22.8. The molecule has 5 rings (SSSR count). The average Bonchev–Trinajstić information content (AvgIpc) is 3.96. The maximum Gasteiger partial charge on any atom is 0.315 e. The van der Waals surface area contributed by atoms with Crippen LogP contribution >= 0.6 is 0 Å².